The Morgan fingerprint density at radius 2 is 1.71 bits per heavy atom. The highest BCUT2D eigenvalue weighted by atomic mass is 35.5. The van der Waals surface area contributed by atoms with Crippen molar-refractivity contribution in [2.75, 3.05) is 5.32 Å². The van der Waals surface area contributed by atoms with Crippen molar-refractivity contribution in [1.82, 2.24) is 9.78 Å². The molecule has 12 heteroatoms. The number of nitro benzene ring substituents is 1. The topological polar surface area (TPSA) is 109 Å². The number of amides is 1. The molecule has 0 aliphatic rings. The lowest BCUT2D eigenvalue weighted by Gasteiger charge is -2.10. The number of nitrogens with one attached hydrogen (secondary N) is 1. The molecule has 0 spiro atoms. The van der Waals surface area contributed by atoms with Crippen LogP contribution in [0.4, 0.5) is 11.4 Å². The Morgan fingerprint density at radius 1 is 1.00 bits per heavy atom. The van der Waals surface area contributed by atoms with E-state index in [0.717, 1.165) is 0 Å². The molecule has 0 radical (unpaired) electrons. The zero-order valence-electron chi connectivity index (χ0n) is 17.7. The van der Waals surface area contributed by atoms with Crippen molar-refractivity contribution in [2.45, 2.75) is 6.73 Å². The van der Waals surface area contributed by atoms with E-state index in [4.69, 9.17) is 44.3 Å². The van der Waals surface area contributed by atoms with E-state index in [1.54, 1.807) is 42.5 Å². The summed E-state index contributed by atoms with van der Waals surface area (Å²) in [7, 11) is 0. The number of ether oxygens (including phenoxy) is 2. The van der Waals surface area contributed by atoms with E-state index < -0.39 is 10.8 Å². The van der Waals surface area contributed by atoms with Crippen molar-refractivity contribution < 1.29 is 19.2 Å². The molecule has 4 aromatic rings. The first kappa shape index (κ1) is 24.3. The van der Waals surface area contributed by atoms with E-state index in [1.165, 1.54) is 35.1 Å². The standard InChI is InChI=1S/C23H15Cl3N4O5/c24-14-4-6-17(7-5-14)35-18-11-15(10-16(12-18)30(32)33)27-23(31)21-8-9-29(28-21)13-34-22-19(25)2-1-3-20(22)26/h1-12H,13H2,(H,27,31). The van der Waals surface area contributed by atoms with Crippen LogP contribution in [0.15, 0.2) is 72.9 Å². The fraction of sp³-hybridized carbons (Fsp3) is 0.0435. The lowest BCUT2D eigenvalue weighted by molar-refractivity contribution is -0.384. The van der Waals surface area contributed by atoms with Gasteiger partial charge in [-0.2, -0.15) is 5.10 Å². The SMILES string of the molecule is O=C(Nc1cc(Oc2ccc(Cl)cc2)cc([N+](=O)[O-])c1)c1ccn(COc2c(Cl)cccc2Cl)n1. The number of nitro groups is 1. The van der Waals surface area contributed by atoms with Gasteiger partial charge in [-0.3, -0.25) is 14.9 Å². The Labute approximate surface area is 213 Å². The molecule has 4 rings (SSSR count). The summed E-state index contributed by atoms with van der Waals surface area (Å²) in [5.74, 6) is 0.288. The second kappa shape index (κ2) is 10.6. The molecule has 3 aromatic carbocycles. The predicted molar refractivity (Wildman–Crippen MR) is 132 cm³/mol. The molecule has 1 heterocycles. The highest BCUT2D eigenvalue weighted by Gasteiger charge is 2.16. The molecule has 9 nitrogen and oxygen atoms in total. The monoisotopic (exact) mass is 532 g/mol. The van der Waals surface area contributed by atoms with Gasteiger partial charge in [0.25, 0.3) is 11.6 Å². The zero-order valence-corrected chi connectivity index (χ0v) is 19.9. The summed E-state index contributed by atoms with van der Waals surface area (Å²) in [5.41, 5.74) is -0.0466. The van der Waals surface area contributed by atoms with Crippen molar-refractivity contribution in [3.05, 3.63) is 104 Å². The van der Waals surface area contributed by atoms with Gasteiger partial charge in [0, 0.05) is 23.4 Å². The van der Waals surface area contributed by atoms with Gasteiger partial charge >= 0.3 is 0 Å². The predicted octanol–water partition coefficient (Wildman–Crippen LogP) is 6.83. The van der Waals surface area contributed by atoms with Crippen LogP contribution >= 0.6 is 34.8 Å². The van der Waals surface area contributed by atoms with Gasteiger partial charge in [-0.1, -0.05) is 40.9 Å². The van der Waals surface area contributed by atoms with Gasteiger partial charge in [0.2, 0.25) is 0 Å². The minimum atomic E-state index is -0.587. The summed E-state index contributed by atoms with van der Waals surface area (Å²) in [6, 6.07) is 16.8. The van der Waals surface area contributed by atoms with Gasteiger partial charge in [-0.05, 0) is 42.5 Å². The van der Waals surface area contributed by atoms with E-state index in [1.807, 2.05) is 0 Å². The average Bonchev–Trinajstić information content (AvgIpc) is 3.29. The van der Waals surface area contributed by atoms with E-state index in [9.17, 15) is 14.9 Å². The van der Waals surface area contributed by atoms with Crippen molar-refractivity contribution in [3.63, 3.8) is 0 Å². The van der Waals surface area contributed by atoms with Crippen LogP contribution in [0.1, 0.15) is 10.5 Å². The molecule has 0 unspecified atom stereocenters. The largest absolute Gasteiger partial charge is 0.468 e. The first-order valence-corrected chi connectivity index (χ1v) is 11.1. The van der Waals surface area contributed by atoms with Crippen molar-refractivity contribution in [3.8, 4) is 17.2 Å². The number of aromatic nitrogens is 2. The van der Waals surface area contributed by atoms with E-state index in [-0.39, 0.29) is 29.5 Å². The molecule has 1 N–H and O–H groups in total. The number of non-ortho nitro benzene ring substituents is 1. The molecule has 1 aromatic heterocycles. The van der Waals surface area contributed by atoms with Gasteiger partial charge in [0.05, 0.1) is 26.7 Å². The van der Waals surface area contributed by atoms with E-state index >= 15 is 0 Å². The van der Waals surface area contributed by atoms with Crippen molar-refractivity contribution in [2.24, 2.45) is 0 Å². The van der Waals surface area contributed by atoms with Crippen LogP contribution < -0.4 is 14.8 Å². The van der Waals surface area contributed by atoms with Gasteiger partial charge in [-0.25, -0.2) is 4.68 Å². The lowest BCUT2D eigenvalue weighted by atomic mass is 10.2. The summed E-state index contributed by atoms with van der Waals surface area (Å²) in [4.78, 5) is 23.5. The number of carbonyl (C=O) groups is 1. The van der Waals surface area contributed by atoms with Gasteiger partial charge < -0.3 is 14.8 Å². The number of nitrogens with zero attached hydrogens (tertiary/aromatic N) is 3. The summed E-state index contributed by atoms with van der Waals surface area (Å²) < 4.78 is 12.6. The van der Waals surface area contributed by atoms with Crippen LogP contribution in [0.2, 0.25) is 15.1 Å². The number of hydrogen-bond donors (Lipinski definition) is 1. The highest BCUT2D eigenvalue weighted by Crippen LogP contribution is 2.33. The molecule has 0 saturated carbocycles. The quantitative estimate of drug-likeness (QED) is 0.196. The van der Waals surface area contributed by atoms with Crippen molar-refractivity contribution in [1.29, 1.82) is 0 Å². The summed E-state index contributed by atoms with van der Waals surface area (Å²) >= 11 is 18.0. The second-order valence-corrected chi connectivity index (χ2v) is 8.30. The number of hydrogen-bond acceptors (Lipinski definition) is 6. The lowest BCUT2D eigenvalue weighted by Crippen LogP contribution is -2.14. The number of para-hydroxylation sites is 1. The van der Waals surface area contributed by atoms with Crippen molar-refractivity contribution >= 4 is 52.1 Å². The summed E-state index contributed by atoms with van der Waals surface area (Å²) in [6.45, 7) is -0.0490. The summed E-state index contributed by atoms with van der Waals surface area (Å²) in [5, 5.41) is 19.3. The molecule has 0 fully saturated rings. The Bertz CT molecular complexity index is 1370. The highest BCUT2D eigenvalue weighted by molar-refractivity contribution is 6.37. The average molecular weight is 534 g/mol. The molecule has 0 saturated heterocycles. The van der Waals surface area contributed by atoms with Crippen LogP contribution in [-0.4, -0.2) is 20.6 Å². The molecule has 0 aliphatic carbocycles. The molecule has 0 aliphatic heterocycles. The normalized spacial score (nSPS) is 10.6. The fourth-order valence-corrected chi connectivity index (χ4v) is 3.59. The molecular formula is C23H15Cl3N4O5. The fourth-order valence-electron chi connectivity index (χ4n) is 2.96. The van der Waals surface area contributed by atoms with Crippen LogP contribution in [-0.2, 0) is 6.73 Å². The Kier molecular flexibility index (Phi) is 7.40. The Morgan fingerprint density at radius 3 is 2.40 bits per heavy atom. The molecular weight excluding hydrogens is 519 g/mol. The Balaban J connectivity index is 1.47. The van der Waals surface area contributed by atoms with Crippen LogP contribution in [0.5, 0.6) is 17.2 Å². The maximum Gasteiger partial charge on any atom is 0.276 e. The molecule has 0 atom stereocenters. The minimum absolute atomic E-state index is 0.0490. The van der Waals surface area contributed by atoms with E-state index in [0.29, 0.717) is 26.6 Å². The van der Waals surface area contributed by atoms with Crippen LogP contribution in [0.3, 0.4) is 0 Å². The van der Waals surface area contributed by atoms with Crippen LogP contribution in [0, 0.1) is 10.1 Å². The molecule has 35 heavy (non-hydrogen) atoms. The molecule has 0 bridgehead atoms. The number of benzene rings is 3. The number of anilines is 1. The maximum absolute atomic E-state index is 12.7. The molecule has 178 valence electrons. The molecule has 1 amide bonds. The third kappa shape index (κ3) is 6.21. The first-order chi connectivity index (χ1) is 16.8. The maximum atomic E-state index is 12.7. The third-order valence-electron chi connectivity index (χ3n) is 4.54. The smallest absolute Gasteiger partial charge is 0.276 e. The van der Waals surface area contributed by atoms with Gasteiger partial charge in [-0.15, -0.1) is 0 Å². The van der Waals surface area contributed by atoms with Crippen LogP contribution in [0.25, 0.3) is 0 Å². The minimum Gasteiger partial charge on any atom is -0.468 e. The second-order valence-electron chi connectivity index (χ2n) is 7.05. The summed E-state index contributed by atoms with van der Waals surface area (Å²) in [6.07, 6.45) is 1.53. The van der Waals surface area contributed by atoms with Gasteiger partial charge in [0.15, 0.2) is 18.2 Å². The number of rotatable bonds is 8. The van der Waals surface area contributed by atoms with Gasteiger partial charge in [0.1, 0.15) is 11.5 Å². The Hall–Kier alpha value is -3.79. The zero-order chi connectivity index (χ0) is 24.9. The van der Waals surface area contributed by atoms with E-state index in [2.05, 4.69) is 10.4 Å². The third-order valence-corrected chi connectivity index (χ3v) is 5.39. The number of halogens is 3. The number of carbonyl (C=O) groups excluding carboxylic acids is 1. The first-order valence-electron chi connectivity index (χ1n) is 9.93.